The Bertz CT molecular complexity index is 616. The number of esters is 1. The molecule has 0 saturated heterocycles. The van der Waals surface area contributed by atoms with Crippen LogP contribution in [0.2, 0.25) is 0 Å². The largest absolute Gasteiger partial charge is 0.486 e. The molecule has 0 fully saturated rings. The topological polar surface area (TPSA) is 94.2 Å². The van der Waals surface area contributed by atoms with Crippen LogP contribution in [0.5, 0.6) is 11.5 Å². The summed E-state index contributed by atoms with van der Waals surface area (Å²) in [6, 6.07) is 4.66. The van der Waals surface area contributed by atoms with Crippen LogP contribution in [0.15, 0.2) is 18.2 Å². The Hall–Kier alpha value is -2.77. The molecule has 1 heterocycles. The highest BCUT2D eigenvalue weighted by atomic mass is 16.6. The first-order chi connectivity index (χ1) is 11.0. The summed E-state index contributed by atoms with van der Waals surface area (Å²) in [5.74, 6) is -0.398. The quantitative estimate of drug-likeness (QED) is 0.756. The van der Waals surface area contributed by atoms with Crippen molar-refractivity contribution in [3.05, 3.63) is 23.8 Å². The number of nitrogens with zero attached hydrogens (tertiary/aromatic N) is 1. The highest BCUT2D eigenvalue weighted by Gasteiger charge is 2.18. The average molecular weight is 322 g/mol. The van der Waals surface area contributed by atoms with E-state index in [1.54, 1.807) is 6.07 Å². The molecule has 124 valence electrons. The molecule has 0 aliphatic carbocycles. The molecule has 1 aromatic rings. The van der Waals surface area contributed by atoms with Gasteiger partial charge in [0.2, 0.25) is 5.91 Å². The molecule has 23 heavy (non-hydrogen) atoms. The molecule has 0 unspecified atom stereocenters. The first-order valence-corrected chi connectivity index (χ1v) is 7.02. The molecule has 2 amide bonds. The normalized spacial score (nSPS) is 12.3. The fraction of sp³-hybridized carbons (Fsp3) is 0.400. The summed E-state index contributed by atoms with van der Waals surface area (Å²) in [7, 11) is 2.93. The number of rotatable bonds is 5. The second-order valence-corrected chi connectivity index (χ2v) is 4.86. The van der Waals surface area contributed by atoms with Gasteiger partial charge in [-0.25, -0.2) is 4.79 Å². The number of likely N-dealkylation sites (N-methyl/N-ethyl adjacent to an activating group) is 2. The Balaban J connectivity index is 1.89. The molecule has 1 aliphatic heterocycles. The fourth-order valence-electron chi connectivity index (χ4n) is 1.87. The number of carbonyl (C=O) groups excluding carboxylic acids is 3. The molecule has 8 nitrogen and oxygen atoms in total. The zero-order chi connectivity index (χ0) is 16.8. The van der Waals surface area contributed by atoms with Gasteiger partial charge in [0.25, 0.3) is 5.91 Å². The summed E-state index contributed by atoms with van der Waals surface area (Å²) >= 11 is 0. The summed E-state index contributed by atoms with van der Waals surface area (Å²) < 4.78 is 15.7. The lowest BCUT2D eigenvalue weighted by atomic mass is 10.2. The van der Waals surface area contributed by atoms with Crippen LogP contribution in [0.3, 0.4) is 0 Å². The first-order valence-electron chi connectivity index (χ1n) is 7.02. The van der Waals surface area contributed by atoms with Crippen molar-refractivity contribution in [1.82, 2.24) is 10.2 Å². The van der Waals surface area contributed by atoms with E-state index >= 15 is 0 Å². The van der Waals surface area contributed by atoms with Crippen LogP contribution in [-0.4, -0.2) is 63.1 Å². The number of hydrogen-bond donors (Lipinski definition) is 1. The minimum absolute atomic E-state index is 0.100. The predicted molar refractivity (Wildman–Crippen MR) is 79.4 cm³/mol. The van der Waals surface area contributed by atoms with Crippen molar-refractivity contribution in [2.75, 3.05) is 40.5 Å². The number of fused-ring (bicyclic) bond motifs is 1. The number of amides is 2. The minimum atomic E-state index is -0.649. The zero-order valence-electron chi connectivity index (χ0n) is 13.0. The van der Waals surface area contributed by atoms with Crippen molar-refractivity contribution in [3.63, 3.8) is 0 Å². The average Bonchev–Trinajstić information content (AvgIpc) is 2.58. The van der Waals surface area contributed by atoms with E-state index in [4.69, 9.17) is 14.2 Å². The van der Waals surface area contributed by atoms with Gasteiger partial charge in [-0.05, 0) is 18.2 Å². The molecule has 0 spiro atoms. The van der Waals surface area contributed by atoms with Crippen molar-refractivity contribution in [2.24, 2.45) is 0 Å². The highest BCUT2D eigenvalue weighted by Crippen LogP contribution is 2.30. The molecule has 0 aromatic heterocycles. The molecule has 8 heteroatoms. The van der Waals surface area contributed by atoms with Crippen LogP contribution < -0.4 is 14.8 Å². The Morgan fingerprint density at radius 1 is 1.22 bits per heavy atom. The van der Waals surface area contributed by atoms with E-state index in [1.807, 2.05) is 0 Å². The Morgan fingerprint density at radius 2 is 1.91 bits per heavy atom. The molecule has 0 radical (unpaired) electrons. The Morgan fingerprint density at radius 3 is 2.61 bits per heavy atom. The van der Waals surface area contributed by atoms with Crippen LogP contribution in [0.1, 0.15) is 10.4 Å². The molecule has 1 aliphatic rings. The van der Waals surface area contributed by atoms with Crippen molar-refractivity contribution < 1.29 is 28.6 Å². The monoisotopic (exact) mass is 322 g/mol. The molecule has 2 rings (SSSR count). The lowest BCUT2D eigenvalue weighted by Gasteiger charge is -2.19. The Kier molecular flexibility index (Phi) is 5.40. The molecule has 1 aromatic carbocycles. The van der Waals surface area contributed by atoms with Crippen molar-refractivity contribution in [1.29, 1.82) is 0 Å². The molecule has 0 atom stereocenters. The second-order valence-electron chi connectivity index (χ2n) is 4.86. The van der Waals surface area contributed by atoms with Gasteiger partial charge in [0.1, 0.15) is 13.2 Å². The van der Waals surface area contributed by atoms with Gasteiger partial charge >= 0.3 is 5.97 Å². The third-order valence-electron chi connectivity index (χ3n) is 3.19. The van der Waals surface area contributed by atoms with E-state index in [9.17, 15) is 14.4 Å². The molecule has 1 N–H and O–H groups in total. The van der Waals surface area contributed by atoms with Crippen LogP contribution in [0.25, 0.3) is 0 Å². The SMILES string of the molecule is CNC(=O)CN(C)C(=O)COC(=O)c1ccc2c(c1)OCCO2. The fourth-order valence-corrected chi connectivity index (χ4v) is 1.87. The summed E-state index contributed by atoms with van der Waals surface area (Å²) in [6.07, 6.45) is 0. The van der Waals surface area contributed by atoms with Crippen LogP contribution in [0, 0.1) is 0 Å². The smallest absolute Gasteiger partial charge is 0.338 e. The van der Waals surface area contributed by atoms with Crippen LogP contribution in [-0.2, 0) is 14.3 Å². The summed E-state index contributed by atoms with van der Waals surface area (Å²) in [6.45, 7) is 0.328. The van der Waals surface area contributed by atoms with E-state index in [-0.39, 0.29) is 18.0 Å². The van der Waals surface area contributed by atoms with Crippen molar-refractivity contribution in [2.45, 2.75) is 0 Å². The maximum atomic E-state index is 12.0. The summed E-state index contributed by atoms with van der Waals surface area (Å²) in [5, 5.41) is 2.40. The predicted octanol–water partition coefficient (Wildman–Crippen LogP) is -0.181. The molecule has 0 saturated carbocycles. The van der Waals surface area contributed by atoms with Crippen LogP contribution >= 0.6 is 0 Å². The van der Waals surface area contributed by atoms with Gasteiger partial charge in [-0.3, -0.25) is 9.59 Å². The lowest BCUT2D eigenvalue weighted by Crippen LogP contribution is -2.39. The van der Waals surface area contributed by atoms with Crippen molar-refractivity contribution in [3.8, 4) is 11.5 Å². The van der Waals surface area contributed by atoms with E-state index in [0.29, 0.717) is 24.7 Å². The van der Waals surface area contributed by atoms with Crippen molar-refractivity contribution >= 4 is 17.8 Å². The zero-order valence-corrected chi connectivity index (χ0v) is 13.0. The maximum absolute atomic E-state index is 12.0. The number of hydrogen-bond acceptors (Lipinski definition) is 6. The number of carbonyl (C=O) groups is 3. The third-order valence-corrected chi connectivity index (χ3v) is 3.19. The maximum Gasteiger partial charge on any atom is 0.338 e. The van der Waals surface area contributed by atoms with Gasteiger partial charge in [-0.1, -0.05) is 0 Å². The van der Waals surface area contributed by atoms with Gasteiger partial charge in [0.05, 0.1) is 12.1 Å². The first kappa shape index (κ1) is 16.6. The standard InChI is InChI=1S/C15H18N2O6/c1-16-13(18)8-17(2)14(19)9-23-15(20)10-3-4-11-12(7-10)22-6-5-21-11/h3-4,7H,5-6,8-9H2,1-2H3,(H,16,18). The van der Waals surface area contributed by atoms with Gasteiger partial charge in [-0.15, -0.1) is 0 Å². The van der Waals surface area contributed by atoms with Gasteiger partial charge in [-0.2, -0.15) is 0 Å². The third kappa shape index (κ3) is 4.35. The highest BCUT2D eigenvalue weighted by molar-refractivity contribution is 5.92. The Labute approximate surface area is 133 Å². The molecule has 0 bridgehead atoms. The minimum Gasteiger partial charge on any atom is -0.486 e. The lowest BCUT2D eigenvalue weighted by molar-refractivity contribution is -0.137. The van der Waals surface area contributed by atoms with Crippen LogP contribution in [0.4, 0.5) is 0 Å². The van der Waals surface area contributed by atoms with E-state index in [2.05, 4.69) is 5.32 Å². The number of nitrogens with one attached hydrogen (secondary N) is 1. The van der Waals surface area contributed by atoms with Gasteiger partial charge in [0.15, 0.2) is 18.1 Å². The summed E-state index contributed by atoms with van der Waals surface area (Å²) in [4.78, 5) is 36.1. The van der Waals surface area contributed by atoms with E-state index < -0.39 is 18.5 Å². The second kappa shape index (κ2) is 7.48. The summed E-state index contributed by atoms with van der Waals surface area (Å²) in [5.41, 5.74) is 0.260. The van der Waals surface area contributed by atoms with E-state index in [1.165, 1.54) is 31.1 Å². The van der Waals surface area contributed by atoms with Gasteiger partial charge in [0, 0.05) is 14.1 Å². The molecular weight excluding hydrogens is 304 g/mol. The van der Waals surface area contributed by atoms with Gasteiger partial charge < -0.3 is 24.4 Å². The number of ether oxygens (including phenoxy) is 3. The molecular formula is C15H18N2O6. The van der Waals surface area contributed by atoms with E-state index in [0.717, 1.165) is 0 Å². The number of benzene rings is 1.